The number of aromatic nitrogens is 1. The monoisotopic (exact) mass is 494 g/mol. The van der Waals surface area contributed by atoms with E-state index >= 15 is 0 Å². The fraction of sp³-hybridized carbons (Fsp3) is 0.680. The van der Waals surface area contributed by atoms with Gasteiger partial charge in [0.25, 0.3) is 0 Å². The van der Waals surface area contributed by atoms with Crippen molar-refractivity contribution >= 4 is 35.1 Å². The number of nitrogens with one attached hydrogen (secondary N) is 1. The average Bonchev–Trinajstić information content (AvgIpc) is 3.17. The first kappa shape index (κ1) is 28.1. The highest BCUT2D eigenvalue weighted by Gasteiger charge is 2.42. The van der Waals surface area contributed by atoms with Gasteiger partial charge in [-0.3, -0.25) is 14.4 Å². The molecule has 1 aliphatic heterocycles. The van der Waals surface area contributed by atoms with E-state index in [4.69, 9.17) is 4.74 Å². The van der Waals surface area contributed by atoms with Crippen molar-refractivity contribution in [2.45, 2.75) is 85.5 Å². The number of hydrogen-bond donors (Lipinski definition) is 3. The van der Waals surface area contributed by atoms with Crippen LogP contribution in [-0.4, -0.2) is 57.7 Å². The number of amides is 1. The topological polar surface area (TPSA) is 126 Å². The summed E-state index contributed by atoms with van der Waals surface area (Å²) >= 11 is 1.50. The van der Waals surface area contributed by atoms with Gasteiger partial charge in [-0.05, 0) is 44.3 Å². The normalized spacial score (nSPS) is 30.5. The molecule has 8 nitrogen and oxygen atoms in total. The Morgan fingerprint density at radius 3 is 2.53 bits per heavy atom. The molecule has 5 atom stereocenters. The van der Waals surface area contributed by atoms with Crippen LogP contribution in [0, 0.1) is 24.2 Å². The third-order valence-corrected chi connectivity index (χ3v) is 7.45. The smallest absolute Gasteiger partial charge is 0.309 e. The van der Waals surface area contributed by atoms with E-state index in [2.05, 4.69) is 10.3 Å². The molecule has 1 saturated heterocycles. The quantitative estimate of drug-likeness (QED) is 0.540. The highest BCUT2D eigenvalue weighted by molar-refractivity contribution is 7.09. The van der Waals surface area contributed by atoms with E-state index < -0.39 is 42.0 Å². The molecule has 1 aromatic rings. The Labute approximate surface area is 205 Å². The first-order valence-corrected chi connectivity index (χ1v) is 12.7. The molecule has 1 aliphatic rings. The first-order valence-electron chi connectivity index (χ1n) is 11.8. The number of carbonyl (C=O) groups is 3. The minimum Gasteiger partial charge on any atom is -0.457 e. The summed E-state index contributed by atoms with van der Waals surface area (Å²) in [6.45, 7) is 10.7. The van der Waals surface area contributed by atoms with Crippen molar-refractivity contribution in [3.8, 4) is 0 Å². The fourth-order valence-electron chi connectivity index (χ4n) is 4.15. The van der Waals surface area contributed by atoms with E-state index in [9.17, 15) is 24.6 Å². The zero-order valence-corrected chi connectivity index (χ0v) is 21.8. The lowest BCUT2D eigenvalue weighted by atomic mass is 9.73. The molecular weight excluding hydrogens is 456 g/mol. The number of hydrogen-bond acceptors (Lipinski definition) is 8. The first-order chi connectivity index (χ1) is 15.8. The zero-order chi connectivity index (χ0) is 25.6. The molecule has 3 N–H and O–H groups in total. The molecule has 0 bridgehead atoms. The van der Waals surface area contributed by atoms with Gasteiger partial charge in [0.1, 0.15) is 11.9 Å². The van der Waals surface area contributed by atoms with Gasteiger partial charge < -0.3 is 20.3 Å². The summed E-state index contributed by atoms with van der Waals surface area (Å²) in [5.41, 5.74) is 0.119. The third kappa shape index (κ3) is 7.45. The number of ketones is 1. The number of aliphatic hydroxyl groups excluding tert-OH is 2. The second kappa shape index (κ2) is 12.0. The van der Waals surface area contributed by atoms with Crippen molar-refractivity contribution in [2.75, 3.05) is 6.54 Å². The van der Waals surface area contributed by atoms with E-state index in [1.54, 1.807) is 33.8 Å². The van der Waals surface area contributed by atoms with Crippen LogP contribution >= 0.6 is 11.3 Å². The number of aliphatic hydroxyl groups is 2. The Bertz CT molecular complexity index is 909. The summed E-state index contributed by atoms with van der Waals surface area (Å²) in [4.78, 5) is 42.8. The predicted octanol–water partition coefficient (Wildman–Crippen LogP) is 3.05. The minimum absolute atomic E-state index is 0.0647. The van der Waals surface area contributed by atoms with Gasteiger partial charge >= 0.3 is 5.97 Å². The lowest BCUT2D eigenvalue weighted by Crippen LogP contribution is -2.46. The molecule has 1 fully saturated rings. The number of rotatable bonds is 2. The maximum atomic E-state index is 13.1. The molecular formula is C25H38N2O6S. The highest BCUT2D eigenvalue weighted by Crippen LogP contribution is 2.32. The fourth-order valence-corrected chi connectivity index (χ4v) is 4.72. The van der Waals surface area contributed by atoms with Crippen molar-refractivity contribution in [3.63, 3.8) is 0 Å². The Kier molecular flexibility index (Phi) is 9.96. The molecule has 1 amide bonds. The third-order valence-electron chi connectivity index (χ3n) is 6.66. The number of esters is 1. The SMILES string of the molecule is C/C(=C\c1csc(C)n1)[C@@H]1CC(=O)NCCC[C@H](C)[C@H](O)[C@@H](C)C(=O)C(C)(C)[C@@H](O)CC(=O)O1. The molecule has 0 aromatic carbocycles. The van der Waals surface area contributed by atoms with Crippen LogP contribution in [0.25, 0.3) is 6.08 Å². The van der Waals surface area contributed by atoms with Gasteiger partial charge in [0.05, 0.1) is 41.2 Å². The van der Waals surface area contributed by atoms with Crippen LogP contribution in [0.5, 0.6) is 0 Å². The van der Waals surface area contributed by atoms with Crippen molar-refractivity contribution in [1.29, 1.82) is 0 Å². The van der Waals surface area contributed by atoms with Gasteiger partial charge in [0, 0.05) is 17.8 Å². The number of thiazole rings is 1. The maximum Gasteiger partial charge on any atom is 0.309 e. The molecule has 34 heavy (non-hydrogen) atoms. The number of cyclic esters (lactones) is 1. The summed E-state index contributed by atoms with van der Waals surface area (Å²) < 4.78 is 5.61. The predicted molar refractivity (Wildman–Crippen MR) is 131 cm³/mol. The molecule has 190 valence electrons. The van der Waals surface area contributed by atoms with Gasteiger partial charge in [-0.1, -0.05) is 27.7 Å². The van der Waals surface area contributed by atoms with E-state index in [0.29, 0.717) is 25.0 Å². The molecule has 0 radical (unpaired) electrons. The standard InChI is InChI=1S/C25H38N2O6S/c1-14-8-7-9-26-21(29)11-19(15(2)10-18-13-34-17(4)27-18)33-22(30)12-20(28)25(5,6)24(32)16(3)23(14)31/h10,13-14,16,19-20,23,28,31H,7-9,11-12H2,1-6H3,(H,26,29)/b15-10+/t14-,16+,19-,20-,23-/m0/s1. The van der Waals surface area contributed by atoms with Crippen molar-refractivity contribution in [2.24, 2.45) is 17.3 Å². The number of nitrogens with zero attached hydrogens (tertiary/aromatic N) is 1. The summed E-state index contributed by atoms with van der Waals surface area (Å²) in [6.07, 6.45) is -0.443. The Morgan fingerprint density at radius 1 is 1.24 bits per heavy atom. The van der Waals surface area contributed by atoms with Gasteiger partial charge in [-0.2, -0.15) is 0 Å². The summed E-state index contributed by atoms with van der Waals surface area (Å²) in [7, 11) is 0. The van der Waals surface area contributed by atoms with Crippen LogP contribution in [0.15, 0.2) is 11.0 Å². The van der Waals surface area contributed by atoms with Crippen LogP contribution < -0.4 is 5.32 Å². The van der Waals surface area contributed by atoms with Crippen LogP contribution in [0.3, 0.4) is 0 Å². The van der Waals surface area contributed by atoms with E-state index in [1.807, 2.05) is 19.2 Å². The molecule has 0 spiro atoms. The summed E-state index contributed by atoms with van der Waals surface area (Å²) in [6, 6.07) is 0. The second-order valence-electron chi connectivity index (χ2n) is 9.92. The van der Waals surface area contributed by atoms with Crippen molar-refractivity contribution in [3.05, 3.63) is 21.7 Å². The lowest BCUT2D eigenvalue weighted by molar-refractivity contribution is -0.154. The maximum absolute atomic E-state index is 13.1. The van der Waals surface area contributed by atoms with Gasteiger partial charge in [0.2, 0.25) is 5.91 Å². The highest BCUT2D eigenvalue weighted by atomic mass is 32.1. The second-order valence-corrected chi connectivity index (χ2v) is 11.0. The number of Topliss-reactive ketones (excluding diaryl/α,β-unsaturated/α-hetero) is 1. The summed E-state index contributed by atoms with van der Waals surface area (Å²) in [5.74, 6) is -2.15. The van der Waals surface area contributed by atoms with Crippen LogP contribution in [-0.2, 0) is 19.1 Å². The van der Waals surface area contributed by atoms with Crippen molar-refractivity contribution < 1.29 is 29.3 Å². The Balaban J connectivity index is 2.29. The lowest BCUT2D eigenvalue weighted by Gasteiger charge is -2.34. The van der Waals surface area contributed by atoms with E-state index in [1.165, 1.54) is 11.3 Å². The van der Waals surface area contributed by atoms with Gasteiger partial charge in [0.15, 0.2) is 0 Å². The van der Waals surface area contributed by atoms with Crippen LogP contribution in [0.2, 0.25) is 0 Å². The summed E-state index contributed by atoms with van der Waals surface area (Å²) in [5, 5.41) is 27.1. The molecule has 0 aliphatic carbocycles. The Morgan fingerprint density at radius 2 is 1.91 bits per heavy atom. The van der Waals surface area contributed by atoms with E-state index in [-0.39, 0.29) is 24.0 Å². The molecule has 0 saturated carbocycles. The molecule has 2 rings (SSSR count). The van der Waals surface area contributed by atoms with Gasteiger partial charge in [-0.25, -0.2) is 4.98 Å². The molecule has 9 heteroatoms. The zero-order valence-electron chi connectivity index (χ0n) is 21.0. The van der Waals surface area contributed by atoms with Crippen LogP contribution in [0.1, 0.15) is 71.0 Å². The number of ether oxygens (including phenoxy) is 1. The van der Waals surface area contributed by atoms with Crippen molar-refractivity contribution in [1.82, 2.24) is 10.3 Å². The Hall–Kier alpha value is -2.10. The number of carbonyl (C=O) groups excluding carboxylic acids is 3. The molecule has 2 heterocycles. The number of aryl methyl sites for hydroxylation is 1. The minimum atomic E-state index is -1.30. The van der Waals surface area contributed by atoms with Crippen LogP contribution in [0.4, 0.5) is 0 Å². The largest absolute Gasteiger partial charge is 0.457 e. The molecule has 0 unspecified atom stereocenters. The van der Waals surface area contributed by atoms with E-state index in [0.717, 1.165) is 10.7 Å². The van der Waals surface area contributed by atoms with Gasteiger partial charge in [-0.15, -0.1) is 11.3 Å². The average molecular weight is 495 g/mol. The molecule has 1 aromatic heterocycles.